The van der Waals surface area contributed by atoms with Crippen LogP contribution in [-0.4, -0.2) is 60.2 Å². The van der Waals surface area contributed by atoms with Crippen LogP contribution in [0.4, 0.5) is 5.95 Å². The van der Waals surface area contributed by atoms with Gasteiger partial charge in [0.15, 0.2) is 0 Å². The van der Waals surface area contributed by atoms with Crippen molar-refractivity contribution in [3.05, 3.63) is 41.7 Å². The van der Waals surface area contributed by atoms with Gasteiger partial charge >= 0.3 is 0 Å². The number of nitrogens with zero attached hydrogens (tertiary/aromatic N) is 4. The molecule has 1 aliphatic rings. The number of aryl methyl sites for hydroxylation is 1. The number of benzene rings is 1. The Balaban J connectivity index is 1.48. The second-order valence-corrected chi connectivity index (χ2v) is 5.70. The van der Waals surface area contributed by atoms with Crippen molar-refractivity contribution in [1.82, 2.24) is 14.6 Å². The second kappa shape index (κ2) is 7.94. The van der Waals surface area contributed by atoms with E-state index in [-0.39, 0.29) is 0 Å². The molecular weight excluding hydrogens is 306 g/mol. The number of ether oxygens (including phenoxy) is 2. The van der Waals surface area contributed by atoms with E-state index in [0.717, 1.165) is 49.9 Å². The number of rotatable bonds is 6. The van der Waals surface area contributed by atoms with Gasteiger partial charge in [0.1, 0.15) is 12.4 Å². The molecule has 0 saturated carbocycles. The zero-order valence-corrected chi connectivity index (χ0v) is 13.9. The molecule has 0 spiro atoms. The van der Waals surface area contributed by atoms with Gasteiger partial charge in [0.2, 0.25) is 5.95 Å². The minimum atomic E-state index is 0.381. The molecule has 1 aromatic carbocycles. The summed E-state index contributed by atoms with van der Waals surface area (Å²) in [4.78, 5) is 6.45. The van der Waals surface area contributed by atoms with Gasteiger partial charge in [0.25, 0.3) is 0 Å². The van der Waals surface area contributed by atoms with Gasteiger partial charge in [-0.05, 0) is 36.8 Å². The minimum absolute atomic E-state index is 0.381. The van der Waals surface area contributed by atoms with Gasteiger partial charge in [-0.1, -0.05) is 0 Å². The summed E-state index contributed by atoms with van der Waals surface area (Å²) in [5, 5.41) is 4.29. The van der Waals surface area contributed by atoms with Crippen LogP contribution in [0.1, 0.15) is 11.3 Å². The first-order chi connectivity index (χ1) is 11.7. The Hall–Kier alpha value is -2.38. The Morgan fingerprint density at radius 1 is 1.29 bits per heavy atom. The number of hydrogen-bond donors (Lipinski definition) is 1. The van der Waals surface area contributed by atoms with Crippen LogP contribution in [-0.2, 0) is 4.74 Å². The summed E-state index contributed by atoms with van der Waals surface area (Å²) < 4.78 is 12.7. The van der Waals surface area contributed by atoms with Gasteiger partial charge in [-0.15, -0.1) is 0 Å². The van der Waals surface area contributed by atoms with E-state index in [1.165, 1.54) is 0 Å². The highest BCUT2D eigenvalue weighted by Crippen LogP contribution is 2.12. The van der Waals surface area contributed by atoms with Crippen LogP contribution in [0.25, 0.3) is 0 Å². The molecule has 7 nitrogen and oxygen atoms in total. The van der Waals surface area contributed by atoms with Crippen molar-refractivity contribution in [2.24, 2.45) is 5.10 Å². The number of hydrogen-bond acceptors (Lipinski definition) is 6. The third kappa shape index (κ3) is 4.56. The summed E-state index contributed by atoms with van der Waals surface area (Å²) in [7, 11) is 0. The van der Waals surface area contributed by atoms with Crippen molar-refractivity contribution < 1.29 is 9.47 Å². The highest BCUT2D eigenvalue weighted by atomic mass is 16.5. The fourth-order valence-electron chi connectivity index (χ4n) is 2.49. The van der Waals surface area contributed by atoms with Gasteiger partial charge in [-0.2, -0.15) is 5.10 Å². The van der Waals surface area contributed by atoms with Crippen molar-refractivity contribution in [3.8, 4) is 5.75 Å². The Labute approximate surface area is 141 Å². The first-order valence-electron chi connectivity index (χ1n) is 8.09. The van der Waals surface area contributed by atoms with E-state index in [9.17, 15) is 0 Å². The van der Waals surface area contributed by atoms with Gasteiger partial charge in [0, 0.05) is 19.6 Å². The zero-order valence-electron chi connectivity index (χ0n) is 13.9. The standard InChI is InChI=1S/C17H23N5O2/c1-14-13-22(17(18)20-14)19-12-15-2-4-16(5-3-15)24-11-8-21-6-9-23-10-7-21/h2-5,12-13H,6-11H2,1H3,(H2,18,20). The van der Waals surface area contributed by atoms with Crippen LogP contribution >= 0.6 is 0 Å². The molecule has 3 rings (SSSR count). The number of aromatic nitrogens is 2. The highest BCUT2D eigenvalue weighted by molar-refractivity contribution is 5.79. The van der Waals surface area contributed by atoms with Crippen LogP contribution < -0.4 is 10.5 Å². The fourth-order valence-corrected chi connectivity index (χ4v) is 2.49. The monoisotopic (exact) mass is 329 g/mol. The summed E-state index contributed by atoms with van der Waals surface area (Å²) in [6.45, 7) is 7.07. The quantitative estimate of drug-likeness (QED) is 0.810. The molecule has 2 heterocycles. The van der Waals surface area contributed by atoms with Crippen LogP contribution in [0.15, 0.2) is 35.6 Å². The molecule has 7 heteroatoms. The number of nitrogen functional groups attached to an aromatic ring is 1. The number of imidazole rings is 1. The molecule has 0 radical (unpaired) electrons. The summed E-state index contributed by atoms with van der Waals surface area (Å²) in [5.74, 6) is 1.24. The normalized spacial score (nSPS) is 15.9. The molecule has 1 saturated heterocycles. The summed E-state index contributed by atoms with van der Waals surface area (Å²) in [6.07, 6.45) is 3.53. The summed E-state index contributed by atoms with van der Waals surface area (Å²) in [5.41, 5.74) is 7.57. The maximum Gasteiger partial charge on any atom is 0.221 e. The van der Waals surface area contributed by atoms with E-state index in [4.69, 9.17) is 15.2 Å². The van der Waals surface area contributed by atoms with Gasteiger partial charge in [0.05, 0.1) is 31.3 Å². The van der Waals surface area contributed by atoms with E-state index in [1.54, 1.807) is 17.1 Å². The predicted octanol–water partition coefficient (Wildman–Crippen LogP) is 1.37. The van der Waals surface area contributed by atoms with E-state index in [1.807, 2.05) is 31.2 Å². The van der Waals surface area contributed by atoms with Crippen LogP contribution in [0.5, 0.6) is 5.75 Å². The maximum absolute atomic E-state index is 5.79. The summed E-state index contributed by atoms with van der Waals surface area (Å²) >= 11 is 0. The molecule has 0 unspecified atom stereocenters. The second-order valence-electron chi connectivity index (χ2n) is 5.70. The maximum atomic E-state index is 5.79. The topological polar surface area (TPSA) is 77.9 Å². The van der Waals surface area contributed by atoms with Crippen molar-refractivity contribution in [2.45, 2.75) is 6.92 Å². The van der Waals surface area contributed by atoms with Crippen LogP contribution in [0.2, 0.25) is 0 Å². The largest absolute Gasteiger partial charge is 0.492 e. The van der Waals surface area contributed by atoms with Crippen LogP contribution in [0, 0.1) is 6.92 Å². The average molecular weight is 329 g/mol. The lowest BCUT2D eigenvalue weighted by atomic mass is 10.2. The fraction of sp³-hybridized carbons (Fsp3) is 0.412. The first-order valence-corrected chi connectivity index (χ1v) is 8.09. The molecule has 1 aromatic heterocycles. The number of anilines is 1. The molecule has 1 aliphatic heterocycles. The average Bonchev–Trinajstić information content (AvgIpc) is 2.93. The number of morpholine rings is 1. The third-order valence-corrected chi connectivity index (χ3v) is 3.83. The molecule has 128 valence electrons. The molecule has 0 bridgehead atoms. The zero-order chi connectivity index (χ0) is 16.8. The molecular formula is C17H23N5O2. The van der Waals surface area contributed by atoms with Crippen molar-refractivity contribution in [3.63, 3.8) is 0 Å². The molecule has 2 N–H and O–H groups in total. The van der Waals surface area contributed by atoms with Gasteiger partial charge in [-0.3, -0.25) is 4.90 Å². The summed E-state index contributed by atoms with van der Waals surface area (Å²) in [6, 6.07) is 7.83. The lowest BCUT2D eigenvalue weighted by Gasteiger charge is -2.26. The Morgan fingerprint density at radius 2 is 2.04 bits per heavy atom. The highest BCUT2D eigenvalue weighted by Gasteiger charge is 2.09. The van der Waals surface area contributed by atoms with Crippen LogP contribution in [0.3, 0.4) is 0 Å². The molecule has 1 fully saturated rings. The Bertz CT molecular complexity index is 675. The van der Waals surface area contributed by atoms with Gasteiger partial charge < -0.3 is 15.2 Å². The number of nitrogens with two attached hydrogens (primary N) is 1. The van der Waals surface area contributed by atoms with E-state index in [2.05, 4.69) is 15.0 Å². The smallest absolute Gasteiger partial charge is 0.221 e. The van der Waals surface area contributed by atoms with Crippen molar-refractivity contribution >= 4 is 12.2 Å². The van der Waals surface area contributed by atoms with Crippen molar-refractivity contribution in [1.29, 1.82) is 0 Å². The molecule has 2 aromatic rings. The SMILES string of the molecule is Cc1cn(N=Cc2ccc(OCCN3CCOCC3)cc2)c(N)n1. The molecule has 0 atom stereocenters. The molecule has 0 aliphatic carbocycles. The van der Waals surface area contributed by atoms with E-state index >= 15 is 0 Å². The molecule has 0 amide bonds. The first kappa shape index (κ1) is 16.5. The predicted molar refractivity (Wildman–Crippen MR) is 93.6 cm³/mol. The Kier molecular flexibility index (Phi) is 5.45. The third-order valence-electron chi connectivity index (χ3n) is 3.83. The van der Waals surface area contributed by atoms with Crippen molar-refractivity contribution in [2.75, 3.05) is 45.2 Å². The van der Waals surface area contributed by atoms with Gasteiger partial charge in [-0.25, -0.2) is 9.66 Å². The lowest BCUT2D eigenvalue weighted by Crippen LogP contribution is -2.38. The van der Waals surface area contributed by atoms with E-state index in [0.29, 0.717) is 12.6 Å². The van der Waals surface area contributed by atoms with E-state index < -0.39 is 0 Å². The minimum Gasteiger partial charge on any atom is -0.492 e. The lowest BCUT2D eigenvalue weighted by molar-refractivity contribution is 0.0322. The molecule has 24 heavy (non-hydrogen) atoms. The Morgan fingerprint density at radius 3 is 2.71 bits per heavy atom.